The summed E-state index contributed by atoms with van der Waals surface area (Å²) in [5.74, 6) is 0.0675. The Bertz CT molecular complexity index is 787. The van der Waals surface area contributed by atoms with Crippen molar-refractivity contribution in [2.24, 2.45) is 5.10 Å². The van der Waals surface area contributed by atoms with Crippen molar-refractivity contribution in [2.45, 2.75) is 13.1 Å². The molecule has 0 saturated heterocycles. The molecule has 6 nitrogen and oxygen atoms in total. The smallest absolute Gasteiger partial charge is 0.416 e. The quantitative estimate of drug-likeness (QED) is 0.497. The highest BCUT2D eigenvalue weighted by atomic mass is 19.4. The minimum atomic E-state index is -4.67. The summed E-state index contributed by atoms with van der Waals surface area (Å²) in [6, 6.07) is 8.18. The van der Waals surface area contributed by atoms with Gasteiger partial charge in [-0.1, -0.05) is 0 Å². The number of hydrogen-bond donors (Lipinski definition) is 2. The van der Waals surface area contributed by atoms with Gasteiger partial charge in [0, 0.05) is 6.07 Å². The highest BCUT2D eigenvalue weighted by molar-refractivity contribution is 5.99. The number of rotatable bonds is 4. The monoisotopic (exact) mass is 339 g/mol. The fourth-order valence-electron chi connectivity index (χ4n) is 1.86. The Labute approximate surface area is 134 Å². The molecule has 9 heteroatoms. The van der Waals surface area contributed by atoms with Crippen LogP contribution < -0.4 is 5.43 Å². The molecule has 0 aliphatic rings. The molecule has 2 aromatic carbocycles. The van der Waals surface area contributed by atoms with E-state index in [1.54, 1.807) is 19.1 Å². The second-order valence-corrected chi connectivity index (χ2v) is 4.84. The van der Waals surface area contributed by atoms with Crippen LogP contribution in [0.1, 0.15) is 18.1 Å². The van der Waals surface area contributed by atoms with E-state index in [-0.39, 0.29) is 11.4 Å². The van der Waals surface area contributed by atoms with E-state index < -0.39 is 22.4 Å². The number of nitro benzene ring substituents is 1. The van der Waals surface area contributed by atoms with Crippen molar-refractivity contribution in [1.29, 1.82) is 0 Å². The summed E-state index contributed by atoms with van der Waals surface area (Å²) in [5.41, 5.74) is 1.47. The van der Waals surface area contributed by atoms with Crippen molar-refractivity contribution in [1.82, 2.24) is 0 Å². The third-order valence-electron chi connectivity index (χ3n) is 3.15. The lowest BCUT2D eigenvalue weighted by atomic mass is 10.1. The maximum atomic E-state index is 12.6. The number of hydrazone groups is 1. The summed E-state index contributed by atoms with van der Waals surface area (Å²) < 4.78 is 37.9. The normalized spacial score (nSPS) is 12.1. The lowest BCUT2D eigenvalue weighted by Gasteiger charge is -2.09. The van der Waals surface area contributed by atoms with Crippen molar-refractivity contribution in [3.8, 4) is 5.75 Å². The van der Waals surface area contributed by atoms with Crippen molar-refractivity contribution < 1.29 is 23.2 Å². The van der Waals surface area contributed by atoms with Crippen molar-refractivity contribution in [2.75, 3.05) is 5.43 Å². The van der Waals surface area contributed by atoms with Gasteiger partial charge in [0.15, 0.2) is 0 Å². The first-order valence-electron chi connectivity index (χ1n) is 6.64. The molecule has 0 bridgehead atoms. The minimum Gasteiger partial charge on any atom is -0.508 e. The Hall–Kier alpha value is -3.10. The number of hydrogen-bond acceptors (Lipinski definition) is 5. The van der Waals surface area contributed by atoms with Crippen molar-refractivity contribution >= 4 is 17.1 Å². The predicted molar refractivity (Wildman–Crippen MR) is 82.0 cm³/mol. The average Bonchev–Trinajstić information content (AvgIpc) is 2.52. The van der Waals surface area contributed by atoms with Gasteiger partial charge >= 0.3 is 6.18 Å². The maximum absolute atomic E-state index is 12.6. The Morgan fingerprint density at radius 3 is 2.38 bits per heavy atom. The largest absolute Gasteiger partial charge is 0.508 e. The van der Waals surface area contributed by atoms with E-state index in [1.807, 2.05) is 0 Å². The van der Waals surface area contributed by atoms with Gasteiger partial charge in [-0.15, -0.1) is 0 Å². The second kappa shape index (κ2) is 6.57. The van der Waals surface area contributed by atoms with Gasteiger partial charge in [-0.3, -0.25) is 15.5 Å². The standard InChI is InChI=1S/C15H12F3N3O3/c1-9(10-2-5-12(22)6-3-10)19-20-13-7-4-11(15(16,17)18)8-14(13)21(23)24/h2-8,20,22H,1H3/b19-9+. The summed E-state index contributed by atoms with van der Waals surface area (Å²) in [7, 11) is 0. The number of halogens is 3. The van der Waals surface area contributed by atoms with Gasteiger partial charge < -0.3 is 5.11 Å². The van der Waals surface area contributed by atoms with Gasteiger partial charge in [0.05, 0.1) is 16.2 Å². The molecular formula is C15H12F3N3O3. The van der Waals surface area contributed by atoms with E-state index in [4.69, 9.17) is 0 Å². The maximum Gasteiger partial charge on any atom is 0.416 e. The molecule has 0 aromatic heterocycles. The number of nitrogens with zero attached hydrogens (tertiary/aromatic N) is 2. The van der Waals surface area contributed by atoms with Crippen LogP contribution in [0, 0.1) is 10.1 Å². The van der Waals surface area contributed by atoms with E-state index in [1.165, 1.54) is 12.1 Å². The van der Waals surface area contributed by atoms with Crippen LogP contribution in [0.3, 0.4) is 0 Å². The van der Waals surface area contributed by atoms with Gasteiger partial charge in [-0.05, 0) is 48.9 Å². The molecule has 0 unspecified atom stereocenters. The topological polar surface area (TPSA) is 87.8 Å². The molecule has 2 aromatic rings. The van der Waals surface area contributed by atoms with Gasteiger partial charge in [0.25, 0.3) is 5.69 Å². The lowest BCUT2D eigenvalue weighted by Crippen LogP contribution is -2.07. The van der Waals surface area contributed by atoms with Crippen LogP contribution in [0.25, 0.3) is 0 Å². The molecular weight excluding hydrogens is 327 g/mol. The SMILES string of the molecule is C/C(=N\Nc1ccc(C(F)(F)F)cc1[N+](=O)[O-])c1ccc(O)cc1. The number of phenolic OH excluding ortho intramolecular Hbond substituents is 1. The van der Waals surface area contributed by atoms with Gasteiger partial charge in [-0.2, -0.15) is 18.3 Å². The van der Waals surface area contributed by atoms with E-state index in [0.29, 0.717) is 17.3 Å². The molecule has 0 spiro atoms. The Morgan fingerprint density at radius 1 is 1.21 bits per heavy atom. The molecule has 0 aliphatic carbocycles. The zero-order valence-corrected chi connectivity index (χ0v) is 12.3. The fraction of sp³-hybridized carbons (Fsp3) is 0.133. The van der Waals surface area contributed by atoms with Crippen LogP contribution in [-0.4, -0.2) is 15.7 Å². The molecule has 0 atom stereocenters. The molecule has 0 radical (unpaired) electrons. The third kappa shape index (κ3) is 4.00. The first-order valence-corrected chi connectivity index (χ1v) is 6.64. The summed E-state index contributed by atoms with van der Waals surface area (Å²) in [6.07, 6.45) is -4.67. The minimum absolute atomic E-state index is 0.0675. The van der Waals surface area contributed by atoms with Crippen LogP contribution in [0.4, 0.5) is 24.5 Å². The van der Waals surface area contributed by atoms with E-state index in [2.05, 4.69) is 10.5 Å². The second-order valence-electron chi connectivity index (χ2n) is 4.84. The number of nitro groups is 1. The Morgan fingerprint density at radius 2 is 1.83 bits per heavy atom. The van der Waals surface area contributed by atoms with Gasteiger partial charge in [0.1, 0.15) is 11.4 Å². The number of anilines is 1. The van der Waals surface area contributed by atoms with E-state index >= 15 is 0 Å². The molecule has 0 heterocycles. The molecule has 0 saturated carbocycles. The molecule has 126 valence electrons. The third-order valence-corrected chi connectivity index (χ3v) is 3.15. The molecule has 0 amide bonds. The lowest BCUT2D eigenvalue weighted by molar-refractivity contribution is -0.384. The Balaban J connectivity index is 2.30. The van der Waals surface area contributed by atoms with E-state index in [9.17, 15) is 28.4 Å². The van der Waals surface area contributed by atoms with Crippen molar-refractivity contribution in [3.05, 3.63) is 63.7 Å². The van der Waals surface area contributed by atoms with Crippen LogP contribution in [0.5, 0.6) is 5.75 Å². The first-order chi connectivity index (χ1) is 11.2. The van der Waals surface area contributed by atoms with Crippen LogP contribution in [0.2, 0.25) is 0 Å². The average molecular weight is 339 g/mol. The highest BCUT2D eigenvalue weighted by Gasteiger charge is 2.33. The zero-order valence-electron chi connectivity index (χ0n) is 12.3. The predicted octanol–water partition coefficient (Wildman–Crippen LogP) is 4.16. The molecule has 2 rings (SSSR count). The van der Waals surface area contributed by atoms with Gasteiger partial charge in [-0.25, -0.2) is 0 Å². The number of nitrogens with one attached hydrogen (secondary N) is 1. The summed E-state index contributed by atoms with van der Waals surface area (Å²) >= 11 is 0. The summed E-state index contributed by atoms with van der Waals surface area (Å²) in [5, 5.41) is 24.1. The van der Waals surface area contributed by atoms with Crippen molar-refractivity contribution in [3.63, 3.8) is 0 Å². The van der Waals surface area contributed by atoms with Gasteiger partial charge in [0.2, 0.25) is 0 Å². The zero-order chi connectivity index (χ0) is 17.9. The molecule has 0 aliphatic heterocycles. The summed E-state index contributed by atoms with van der Waals surface area (Å²) in [6.45, 7) is 1.61. The number of benzene rings is 2. The number of aromatic hydroxyl groups is 1. The molecule has 2 N–H and O–H groups in total. The Kier molecular flexibility index (Phi) is 4.72. The van der Waals surface area contributed by atoms with Crippen LogP contribution in [-0.2, 0) is 6.18 Å². The first kappa shape index (κ1) is 17.3. The van der Waals surface area contributed by atoms with Crippen LogP contribution in [0.15, 0.2) is 47.6 Å². The molecule has 24 heavy (non-hydrogen) atoms. The number of phenols is 1. The number of alkyl halides is 3. The fourth-order valence-corrected chi connectivity index (χ4v) is 1.86. The van der Waals surface area contributed by atoms with E-state index in [0.717, 1.165) is 12.1 Å². The molecule has 0 fully saturated rings. The summed E-state index contributed by atoms with van der Waals surface area (Å²) in [4.78, 5) is 10.1. The van der Waals surface area contributed by atoms with Crippen LogP contribution >= 0.6 is 0 Å². The highest BCUT2D eigenvalue weighted by Crippen LogP contribution is 2.35.